The van der Waals surface area contributed by atoms with Gasteiger partial charge in [-0.3, -0.25) is 9.78 Å². The summed E-state index contributed by atoms with van der Waals surface area (Å²) in [5.74, 6) is 1.15. The Morgan fingerprint density at radius 2 is 2.23 bits per heavy atom. The Hall–Kier alpha value is -1.91. The Kier molecular flexibility index (Phi) is 9.24. The fourth-order valence-electron chi connectivity index (χ4n) is 4.89. The molecule has 35 heavy (non-hydrogen) atoms. The molecule has 7 nitrogen and oxygen atoms in total. The minimum Gasteiger partial charge on any atom is -0.497 e. The van der Waals surface area contributed by atoms with Crippen LogP contribution in [0.2, 0.25) is 5.02 Å². The SMILES string of the molecule is COc1ccc2ncc(Cl)c([C@H](O)CCC3CCN(CCSc4nccs4)CC3CC(=O)O)c2c1. The molecule has 1 aliphatic rings. The number of benzene rings is 1. The lowest BCUT2D eigenvalue weighted by atomic mass is 9.79. The summed E-state index contributed by atoms with van der Waals surface area (Å²) in [5.41, 5.74) is 1.40. The maximum absolute atomic E-state index is 11.6. The molecule has 0 saturated carbocycles. The zero-order valence-electron chi connectivity index (χ0n) is 19.6. The van der Waals surface area contributed by atoms with Crippen molar-refractivity contribution >= 4 is 51.6 Å². The number of aliphatic carboxylic acids is 1. The third kappa shape index (κ3) is 6.86. The molecule has 3 atom stereocenters. The van der Waals surface area contributed by atoms with Gasteiger partial charge in [-0.2, -0.15) is 0 Å². The number of fused-ring (bicyclic) bond motifs is 1. The molecule has 1 saturated heterocycles. The fourth-order valence-corrected chi connectivity index (χ4v) is 6.87. The molecule has 1 aromatic carbocycles. The van der Waals surface area contributed by atoms with Gasteiger partial charge >= 0.3 is 5.97 Å². The van der Waals surface area contributed by atoms with E-state index in [9.17, 15) is 15.0 Å². The van der Waals surface area contributed by atoms with Gasteiger partial charge in [0.15, 0.2) is 0 Å². The average Bonchev–Trinajstić information content (AvgIpc) is 3.36. The predicted molar refractivity (Wildman–Crippen MR) is 141 cm³/mol. The van der Waals surface area contributed by atoms with Crippen LogP contribution in [0.25, 0.3) is 10.9 Å². The molecule has 2 aromatic heterocycles. The highest BCUT2D eigenvalue weighted by atomic mass is 35.5. The summed E-state index contributed by atoms with van der Waals surface area (Å²) in [4.78, 5) is 22.6. The van der Waals surface area contributed by atoms with Gasteiger partial charge in [-0.15, -0.1) is 11.3 Å². The van der Waals surface area contributed by atoms with E-state index in [0.29, 0.717) is 22.8 Å². The second-order valence-electron chi connectivity index (χ2n) is 8.85. The lowest BCUT2D eigenvalue weighted by Crippen LogP contribution is -2.42. The zero-order chi connectivity index (χ0) is 24.8. The summed E-state index contributed by atoms with van der Waals surface area (Å²) in [6, 6.07) is 5.54. The van der Waals surface area contributed by atoms with Crippen LogP contribution in [-0.4, -0.2) is 63.5 Å². The van der Waals surface area contributed by atoms with Gasteiger partial charge in [0, 0.05) is 54.0 Å². The molecule has 0 aliphatic carbocycles. The highest BCUT2D eigenvalue weighted by Gasteiger charge is 2.31. The number of rotatable bonds is 11. The standard InChI is InChI=1S/C25H30ClN3O4S2/c1-33-18-3-4-21-19(13-18)24(20(26)14-28-21)22(30)5-2-16-6-8-29(15-17(16)12-23(31)32)9-11-35-25-27-7-10-34-25/h3-4,7,10,13-14,16-17,22,30H,2,5-6,8-9,11-12,15H2,1H3,(H,31,32)/t16?,17?,22-/m1/s1. The maximum atomic E-state index is 11.6. The van der Waals surface area contributed by atoms with Gasteiger partial charge in [-0.25, -0.2) is 4.98 Å². The summed E-state index contributed by atoms with van der Waals surface area (Å²) >= 11 is 9.85. The number of methoxy groups -OCH3 is 1. The molecular formula is C25H30ClN3O4S2. The highest BCUT2D eigenvalue weighted by molar-refractivity contribution is 8.01. The van der Waals surface area contributed by atoms with Crippen LogP contribution in [-0.2, 0) is 4.79 Å². The number of hydrogen-bond acceptors (Lipinski definition) is 8. The number of ether oxygens (including phenoxy) is 1. The van der Waals surface area contributed by atoms with Crippen molar-refractivity contribution in [3.63, 3.8) is 0 Å². The topological polar surface area (TPSA) is 95.8 Å². The first-order valence-electron chi connectivity index (χ1n) is 11.7. The first-order chi connectivity index (χ1) is 16.9. The van der Waals surface area contributed by atoms with Crippen LogP contribution in [0, 0.1) is 11.8 Å². The summed E-state index contributed by atoms with van der Waals surface area (Å²) in [7, 11) is 1.60. The zero-order valence-corrected chi connectivity index (χ0v) is 22.0. The van der Waals surface area contributed by atoms with Crippen molar-refractivity contribution in [2.45, 2.75) is 36.1 Å². The first-order valence-corrected chi connectivity index (χ1v) is 14.0. The van der Waals surface area contributed by atoms with Crippen molar-refractivity contribution in [3.05, 3.63) is 46.6 Å². The molecule has 1 fully saturated rings. The molecule has 3 heterocycles. The average molecular weight is 536 g/mol. The van der Waals surface area contributed by atoms with Gasteiger partial charge in [0.05, 0.1) is 23.8 Å². The predicted octanol–water partition coefficient (Wildman–Crippen LogP) is 5.37. The van der Waals surface area contributed by atoms with Crippen molar-refractivity contribution in [1.29, 1.82) is 0 Å². The van der Waals surface area contributed by atoms with Gasteiger partial charge < -0.3 is 19.8 Å². The molecule has 10 heteroatoms. The number of aliphatic hydroxyl groups is 1. The normalized spacial score (nSPS) is 19.6. The molecular weight excluding hydrogens is 506 g/mol. The van der Waals surface area contributed by atoms with Crippen LogP contribution in [0.3, 0.4) is 0 Å². The fraction of sp³-hybridized carbons (Fsp3) is 0.480. The summed E-state index contributed by atoms with van der Waals surface area (Å²) in [6.07, 6.45) is 4.94. The number of nitrogens with zero attached hydrogens (tertiary/aromatic N) is 3. The van der Waals surface area contributed by atoms with Crippen LogP contribution >= 0.6 is 34.7 Å². The molecule has 3 aromatic rings. The first kappa shape index (κ1) is 26.2. The number of halogens is 1. The smallest absolute Gasteiger partial charge is 0.303 e. The molecule has 0 bridgehead atoms. The second-order valence-corrected chi connectivity index (χ2v) is 11.5. The monoisotopic (exact) mass is 535 g/mol. The van der Waals surface area contributed by atoms with Gasteiger partial charge in [0.2, 0.25) is 0 Å². The Labute approximate surface area is 218 Å². The third-order valence-electron chi connectivity index (χ3n) is 6.67. The number of thiazole rings is 1. The minimum absolute atomic E-state index is 0.0584. The van der Waals surface area contributed by atoms with E-state index >= 15 is 0 Å². The number of likely N-dealkylation sites (tertiary alicyclic amines) is 1. The summed E-state index contributed by atoms with van der Waals surface area (Å²) in [6.45, 7) is 2.61. The van der Waals surface area contributed by atoms with E-state index in [0.717, 1.165) is 53.5 Å². The Balaban J connectivity index is 1.39. The Morgan fingerprint density at radius 3 is 2.97 bits per heavy atom. The summed E-state index contributed by atoms with van der Waals surface area (Å²) < 4.78 is 6.41. The van der Waals surface area contributed by atoms with E-state index in [1.807, 2.05) is 29.8 Å². The number of aromatic nitrogens is 2. The van der Waals surface area contributed by atoms with Gasteiger partial charge in [0.1, 0.15) is 10.1 Å². The van der Waals surface area contributed by atoms with Crippen molar-refractivity contribution in [2.75, 3.05) is 32.5 Å². The number of pyridine rings is 1. The van der Waals surface area contributed by atoms with Crippen LogP contribution in [0.5, 0.6) is 5.75 Å². The molecule has 0 amide bonds. The molecule has 4 rings (SSSR count). The number of aliphatic hydroxyl groups excluding tert-OH is 1. The number of thioether (sulfide) groups is 1. The van der Waals surface area contributed by atoms with E-state index in [1.165, 1.54) is 0 Å². The highest BCUT2D eigenvalue weighted by Crippen LogP contribution is 2.37. The van der Waals surface area contributed by atoms with Crippen molar-refractivity contribution in [2.24, 2.45) is 11.8 Å². The summed E-state index contributed by atoms with van der Waals surface area (Å²) in [5, 5.41) is 23.8. The van der Waals surface area contributed by atoms with E-state index in [4.69, 9.17) is 16.3 Å². The van der Waals surface area contributed by atoms with E-state index < -0.39 is 12.1 Å². The minimum atomic E-state index is -0.769. The molecule has 1 aliphatic heterocycles. The van der Waals surface area contributed by atoms with Crippen LogP contribution in [0.15, 0.2) is 40.3 Å². The third-order valence-corrected chi connectivity index (χ3v) is 8.91. The van der Waals surface area contributed by atoms with Crippen LogP contribution < -0.4 is 4.74 Å². The number of carboxylic acid groups (broad SMARTS) is 1. The number of hydrogen-bond donors (Lipinski definition) is 2. The van der Waals surface area contributed by atoms with Gasteiger partial charge in [-0.05, 0) is 55.8 Å². The Bertz CT molecular complexity index is 1130. The molecule has 188 valence electrons. The number of carboxylic acids is 1. The largest absolute Gasteiger partial charge is 0.497 e. The molecule has 2 N–H and O–H groups in total. The van der Waals surface area contributed by atoms with Crippen molar-refractivity contribution in [3.8, 4) is 5.75 Å². The second kappa shape index (κ2) is 12.4. The van der Waals surface area contributed by atoms with Gasteiger partial charge in [-0.1, -0.05) is 23.4 Å². The van der Waals surface area contributed by atoms with Crippen molar-refractivity contribution < 1.29 is 19.7 Å². The lowest BCUT2D eigenvalue weighted by molar-refractivity contribution is -0.139. The number of carbonyl (C=O) groups is 1. The number of piperidine rings is 1. The van der Waals surface area contributed by atoms with Crippen molar-refractivity contribution in [1.82, 2.24) is 14.9 Å². The van der Waals surface area contributed by atoms with E-state index in [1.54, 1.807) is 36.4 Å². The quantitative estimate of drug-likeness (QED) is 0.316. The van der Waals surface area contributed by atoms with Crippen LogP contribution in [0.4, 0.5) is 0 Å². The van der Waals surface area contributed by atoms with Crippen LogP contribution in [0.1, 0.15) is 37.4 Å². The molecule has 0 spiro atoms. The molecule has 2 unspecified atom stereocenters. The lowest BCUT2D eigenvalue weighted by Gasteiger charge is -2.38. The maximum Gasteiger partial charge on any atom is 0.303 e. The van der Waals surface area contributed by atoms with E-state index in [-0.39, 0.29) is 18.3 Å². The van der Waals surface area contributed by atoms with Gasteiger partial charge in [0.25, 0.3) is 0 Å². The Morgan fingerprint density at radius 1 is 1.37 bits per heavy atom. The van der Waals surface area contributed by atoms with E-state index in [2.05, 4.69) is 14.9 Å². The molecule has 0 radical (unpaired) electrons.